The maximum Gasteiger partial charge on any atom is 0.239 e. The molecule has 0 unspecified atom stereocenters. The van der Waals surface area contributed by atoms with Crippen LogP contribution in [0.5, 0.6) is 0 Å². The second-order valence-electron chi connectivity index (χ2n) is 2.91. The van der Waals surface area contributed by atoms with E-state index < -0.39 is 0 Å². The zero-order valence-electron chi connectivity index (χ0n) is 8.35. The summed E-state index contributed by atoms with van der Waals surface area (Å²) in [7, 11) is 0. The van der Waals surface area contributed by atoms with E-state index in [-0.39, 0.29) is 11.8 Å². The van der Waals surface area contributed by atoms with Crippen LogP contribution in [0.1, 0.15) is 25.2 Å². The van der Waals surface area contributed by atoms with E-state index in [2.05, 4.69) is 15.5 Å². The number of rotatable bonds is 4. The number of hydrogen-bond acceptors (Lipinski definition) is 2. The molecular weight excluding hydrogens is 202 g/mol. The second kappa shape index (κ2) is 5.00. The van der Waals surface area contributed by atoms with Gasteiger partial charge in [-0.25, -0.2) is 0 Å². The largest absolute Gasteiger partial charge is 0.322 e. The average molecular weight is 216 g/mol. The average Bonchev–Trinajstić information content (AvgIpc) is 2.60. The summed E-state index contributed by atoms with van der Waals surface area (Å²) >= 11 is 5.42. The lowest BCUT2D eigenvalue weighted by Gasteiger charge is -2.04. The predicted molar refractivity (Wildman–Crippen MR) is 56.7 cm³/mol. The van der Waals surface area contributed by atoms with E-state index in [1.807, 2.05) is 13.8 Å². The monoisotopic (exact) mass is 215 g/mol. The van der Waals surface area contributed by atoms with Crippen LogP contribution in [0.15, 0.2) is 0 Å². The van der Waals surface area contributed by atoms with Crippen LogP contribution in [-0.4, -0.2) is 22.0 Å². The molecule has 4 nitrogen and oxygen atoms in total. The number of aromatic amines is 1. The Morgan fingerprint density at radius 3 is 2.71 bits per heavy atom. The molecular formula is C9H14ClN3O. The van der Waals surface area contributed by atoms with Crippen LogP contribution in [0.25, 0.3) is 0 Å². The molecule has 0 bridgehead atoms. The third-order valence-electron chi connectivity index (χ3n) is 1.99. The van der Waals surface area contributed by atoms with E-state index in [1.165, 1.54) is 0 Å². The van der Waals surface area contributed by atoms with Crippen LogP contribution in [-0.2, 0) is 17.6 Å². The van der Waals surface area contributed by atoms with Gasteiger partial charge in [-0.3, -0.25) is 9.89 Å². The molecule has 5 heteroatoms. The van der Waals surface area contributed by atoms with E-state index in [4.69, 9.17) is 11.6 Å². The molecule has 0 aliphatic carbocycles. The third-order valence-corrected chi connectivity index (χ3v) is 2.23. The fourth-order valence-corrected chi connectivity index (χ4v) is 1.32. The summed E-state index contributed by atoms with van der Waals surface area (Å²) in [4.78, 5) is 11.1. The molecule has 1 rings (SSSR count). The standard InChI is InChI=1S/C9H14ClN3O/c1-3-6-9(11-8(14)5-10)7(4-2)13-12-6/h3-5H2,1-2H3,(H,11,14)(H,12,13). The van der Waals surface area contributed by atoms with Crippen molar-refractivity contribution in [3.05, 3.63) is 11.4 Å². The Morgan fingerprint density at radius 2 is 2.21 bits per heavy atom. The number of aryl methyl sites for hydroxylation is 2. The van der Waals surface area contributed by atoms with Crippen molar-refractivity contribution in [2.75, 3.05) is 11.2 Å². The minimum absolute atomic E-state index is 0.0303. The van der Waals surface area contributed by atoms with Crippen LogP contribution in [0.3, 0.4) is 0 Å². The second-order valence-corrected chi connectivity index (χ2v) is 3.18. The van der Waals surface area contributed by atoms with Crippen LogP contribution in [0.4, 0.5) is 5.69 Å². The highest BCUT2D eigenvalue weighted by atomic mass is 35.5. The number of alkyl halides is 1. The fourth-order valence-electron chi connectivity index (χ4n) is 1.25. The molecule has 0 spiro atoms. The van der Waals surface area contributed by atoms with Crippen LogP contribution in [0, 0.1) is 0 Å². The van der Waals surface area contributed by atoms with E-state index in [1.54, 1.807) is 0 Å². The number of carbonyl (C=O) groups is 1. The van der Waals surface area contributed by atoms with Gasteiger partial charge in [0.25, 0.3) is 0 Å². The van der Waals surface area contributed by atoms with Gasteiger partial charge in [0.15, 0.2) is 0 Å². The molecule has 0 saturated carbocycles. The number of nitrogens with one attached hydrogen (secondary N) is 2. The van der Waals surface area contributed by atoms with E-state index >= 15 is 0 Å². The Kier molecular flexibility index (Phi) is 3.95. The lowest BCUT2D eigenvalue weighted by Crippen LogP contribution is -2.14. The first-order valence-corrected chi connectivity index (χ1v) is 5.18. The Bertz CT molecular complexity index is 300. The normalized spacial score (nSPS) is 10.2. The molecule has 0 saturated heterocycles. The van der Waals surface area contributed by atoms with Crippen molar-refractivity contribution < 1.29 is 4.79 Å². The Morgan fingerprint density at radius 1 is 1.50 bits per heavy atom. The third kappa shape index (κ3) is 2.26. The highest BCUT2D eigenvalue weighted by molar-refractivity contribution is 6.29. The lowest BCUT2D eigenvalue weighted by atomic mass is 10.2. The van der Waals surface area contributed by atoms with Crippen LogP contribution < -0.4 is 5.32 Å². The summed E-state index contributed by atoms with van der Waals surface area (Å²) in [6.07, 6.45) is 1.60. The number of carbonyl (C=O) groups excluding carboxylic acids is 1. The van der Waals surface area contributed by atoms with Crippen molar-refractivity contribution in [3.8, 4) is 0 Å². The van der Waals surface area contributed by atoms with Crippen molar-refractivity contribution in [1.82, 2.24) is 10.2 Å². The molecule has 0 radical (unpaired) electrons. The predicted octanol–water partition coefficient (Wildman–Crippen LogP) is 1.71. The van der Waals surface area contributed by atoms with Gasteiger partial charge in [0.1, 0.15) is 5.88 Å². The first kappa shape index (κ1) is 11.0. The molecule has 1 aromatic rings. The maximum atomic E-state index is 11.1. The van der Waals surface area contributed by atoms with Crippen molar-refractivity contribution in [3.63, 3.8) is 0 Å². The highest BCUT2D eigenvalue weighted by Gasteiger charge is 2.12. The first-order chi connectivity index (χ1) is 6.72. The number of hydrogen-bond donors (Lipinski definition) is 2. The summed E-state index contributed by atoms with van der Waals surface area (Å²) in [5.74, 6) is -0.227. The summed E-state index contributed by atoms with van der Waals surface area (Å²) in [6, 6.07) is 0. The quantitative estimate of drug-likeness (QED) is 0.752. The summed E-state index contributed by atoms with van der Waals surface area (Å²) < 4.78 is 0. The van der Waals surface area contributed by atoms with Crippen molar-refractivity contribution in [1.29, 1.82) is 0 Å². The summed E-state index contributed by atoms with van der Waals surface area (Å²) in [5.41, 5.74) is 2.61. The number of aromatic nitrogens is 2. The molecule has 1 heterocycles. The Balaban J connectivity index is 2.90. The molecule has 1 aromatic heterocycles. The Labute approximate surface area is 88.0 Å². The van der Waals surface area contributed by atoms with Gasteiger partial charge in [-0.2, -0.15) is 5.10 Å². The molecule has 78 valence electrons. The van der Waals surface area contributed by atoms with Gasteiger partial charge in [-0.1, -0.05) is 13.8 Å². The maximum absolute atomic E-state index is 11.1. The van der Waals surface area contributed by atoms with E-state index in [0.29, 0.717) is 0 Å². The molecule has 1 amide bonds. The minimum atomic E-state index is -0.197. The molecule has 0 aromatic carbocycles. The smallest absolute Gasteiger partial charge is 0.239 e. The highest BCUT2D eigenvalue weighted by Crippen LogP contribution is 2.19. The first-order valence-electron chi connectivity index (χ1n) is 4.64. The van der Waals surface area contributed by atoms with Gasteiger partial charge in [-0.15, -0.1) is 11.6 Å². The molecule has 2 N–H and O–H groups in total. The van der Waals surface area contributed by atoms with Crippen molar-refractivity contribution >= 4 is 23.2 Å². The molecule has 0 aliphatic heterocycles. The molecule has 0 fully saturated rings. The Hall–Kier alpha value is -1.03. The van der Waals surface area contributed by atoms with E-state index in [9.17, 15) is 4.79 Å². The zero-order chi connectivity index (χ0) is 10.6. The van der Waals surface area contributed by atoms with Gasteiger partial charge >= 0.3 is 0 Å². The SMILES string of the molecule is CCc1n[nH]c(CC)c1NC(=O)CCl. The van der Waals surface area contributed by atoms with Crippen LogP contribution >= 0.6 is 11.6 Å². The van der Waals surface area contributed by atoms with Crippen molar-refractivity contribution in [2.45, 2.75) is 26.7 Å². The summed E-state index contributed by atoms with van der Waals surface area (Å²) in [6.45, 7) is 4.00. The van der Waals surface area contributed by atoms with Gasteiger partial charge in [0.2, 0.25) is 5.91 Å². The summed E-state index contributed by atoms with van der Waals surface area (Å²) in [5, 5.41) is 9.75. The topological polar surface area (TPSA) is 57.8 Å². The van der Waals surface area contributed by atoms with Gasteiger partial charge in [0, 0.05) is 0 Å². The molecule has 14 heavy (non-hydrogen) atoms. The fraction of sp³-hybridized carbons (Fsp3) is 0.556. The van der Waals surface area contributed by atoms with Crippen molar-refractivity contribution in [2.24, 2.45) is 0 Å². The number of amides is 1. The van der Waals surface area contributed by atoms with E-state index in [0.717, 1.165) is 29.9 Å². The lowest BCUT2D eigenvalue weighted by molar-refractivity contribution is -0.113. The number of H-pyrrole nitrogens is 1. The van der Waals surface area contributed by atoms with Crippen LogP contribution in [0.2, 0.25) is 0 Å². The molecule has 0 atom stereocenters. The number of nitrogens with zero attached hydrogens (tertiary/aromatic N) is 1. The van der Waals surface area contributed by atoms with Gasteiger partial charge in [0.05, 0.1) is 17.1 Å². The zero-order valence-corrected chi connectivity index (χ0v) is 9.11. The molecule has 0 aliphatic rings. The minimum Gasteiger partial charge on any atom is -0.322 e. The number of halogens is 1. The number of anilines is 1. The van der Waals surface area contributed by atoms with Gasteiger partial charge in [-0.05, 0) is 12.8 Å². The van der Waals surface area contributed by atoms with Gasteiger partial charge < -0.3 is 5.32 Å².